The number of hydroxylamine groups is 1. The highest BCUT2D eigenvalue weighted by molar-refractivity contribution is 7.91. The van der Waals surface area contributed by atoms with Crippen molar-refractivity contribution >= 4 is 21.4 Å². The van der Waals surface area contributed by atoms with Gasteiger partial charge in [0.2, 0.25) is 0 Å². The lowest BCUT2D eigenvalue weighted by Gasteiger charge is -2.29. The van der Waals surface area contributed by atoms with Gasteiger partial charge in [-0.1, -0.05) is 42.5 Å². The molecular weight excluding hydrogens is 340 g/mol. The van der Waals surface area contributed by atoms with E-state index in [0.29, 0.717) is 13.1 Å². The number of hydrogen-bond donors (Lipinski definition) is 2. The summed E-state index contributed by atoms with van der Waals surface area (Å²) in [6, 6.07) is 16.7. The van der Waals surface area contributed by atoms with Crippen molar-refractivity contribution in [2.75, 3.05) is 29.5 Å². The minimum absolute atomic E-state index is 0.161. The van der Waals surface area contributed by atoms with Crippen LogP contribution in [-0.4, -0.2) is 44.1 Å². The summed E-state index contributed by atoms with van der Waals surface area (Å²) in [7, 11) is -2.92. The first kappa shape index (κ1) is 17.4. The van der Waals surface area contributed by atoms with Gasteiger partial charge in [-0.25, -0.2) is 13.9 Å². The Hall–Kier alpha value is -2.38. The van der Waals surface area contributed by atoms with Crippen LogP contribution in [0.3, 0.4) is 0 Å². The van der Waals surface area contributed by atoms with Gasteiger partial charge in [0.25, 0.3) is 5.91 Å². The molecule has 0 bridgehead atoms. The molecule has 1 fully saturated rings. The maximum atomic E-state index is 12.1. The molecule has 1 amide bonds. The summed E-state index contributed by atoms with van der Waals surface area (Å²) < 4.78 is 23.1. The highest BCUT2D eigenvalue weighted by Gasteiger charge is 2.24. The van der Waals surface area contributed by atoms with Gasteiger partial charge in [-0.2, -0.15) is 0 Å². The lowest BCUT2D eigenvalue weighted by atomic mass is 9.90. The molecule has 25 heavy (non-hydrogen) atoms. The Bertz CT molecular complexity index is 821. The van der Waals surface area contributed by atoms with Crippen molar-refractivity contribution in [3.63, 3.8) is 0 Å². The lowest BCUT2D eigenvalue weighted by molar-refractivity contribution is -0.129. The van der Waals surface area contributed by atoms with Gasteiger partial charge in [0.1, 0.15) is 0 Å². The second-order valence-electron chi connectivity index (χ2n) is 6.05. The molecule has 0 aromatic heterocycles. The zero-order chi connectivity index (χ0) is 17.9. The monoisotopic (exact) mass is 360 g/mol. The van der Waals surface area contributed by atoms with E-state index in [2.05, 4.69) is 0 Å². The van der Waals surface area contributed by atoms with Gasteiger partial charge in [-0.15, -0.1) is 0 Å². The Morgan fingerprint density at radius 3 is 2.08 bits per heavy atom. The highest BCUT2D eigenvalue weighted by Crippen LogP contribution is 2.27. The molecule has 1 aliphatic rings. The average molecular weight is 360 g/mol. The van der Waals surface area contributed by atoms with E-state index in [9.17, 15) is 13.2 Å². The van der Waals surface area contributed by atoms with Gasteiger partial charge in [0, 0.05) is 18.8 Å². The smallest absolute Gasteiger partial charge is 0.255 e. The number of carbonyl (C=O) groups is 1. The van der Waals surface area contributed by atoms with E-state index in [0.717, 1.165) is 16.8 Å². The quantitative estimate of drug-likeness (QED) is 0.638. The molecule has 1 saturated heterocycles. The van der Waals surface area contributed by atoms with Crippen LogP contribution in [0, 0.1) is 0 Å². The third kappa shape index (κ3) is 4.00. The summed E-state index contributed by atoms with van der Waals surface area (Å²) in [4.78, 5) is 14.2. The van der Waals surface area contributed by atoms with Crippen LogP contribution in [0.15, 0.2) is 54.6 Å². The third-order valence-electron chi connectivity index (χ3n) is 4.44. The predicted molar refractivity (Wildman–Crippen MR) is 95.5 cm³/mol. The zero-order valence-electron chi connectivity index (χ0n) is 13.6. The minimum Gasteiger partial charge on any atom is -0.369 e. The highest BCUT2D eigenvalue weighted by atomic mass is 32.2. The molecule has 0 aliphatic carbocycles. The van der Waals surface area contributed by atoms with Crippen LogP contribution in [-0.2, 0) is 14.6 Å². The molecule has 0 radical (unpaired) electrons. The standard InChI is InChI=1S/C18H20N2O4S/c21-18(19-22)17(14-4-2-1-3-5-14)15-6-8-16(9-7-15)20-10-12-25(23,24)13-11-20/h1-9,17,22H,10-13H2,(H,19,21). The number of carbonyl (C=O) groups excluding carboxylic acids is 1. The van der Waals surface area contributed by atoms with Gasteiger partial charge in [0.05, 0.1) is 17.4 Å². The van der Waals surface area contributed by atoms with E-state index >= 15 is 0 Å². The normalized spacial score (nSPS) is 17.7. The molecule has 2 N–H and O–H groups in total. The molecule has 2 aromatic carbocycles. The van der Waals surface area contributed by atoms with E-state index in [4.69, 9.17) is 5.21 Å². The Morgan fingerprint density at radius 1 is 0.960 bits per heavy atom. The summed E-state index contributed by atoms with van der Waals surface area (Å²) in [5, 5.41) is 9.07. The number of nitrogens with zero attached hydrogens (tertiary/aromatic N) is 1. The molecule has 1 aliphatic heterocycles. The van der Waals surface area contributed by atoms with Crippen LogP contribution in [0.2, 0.25) is 0 Å². The molecule has 3 rings (SSSR count). The van der Waals surface area contributed by atoms with E-state index in [1.165, 1.54) is 0 Å². The van der Waals surface area contributed by atoms with Gasteiger partial charge in [0.15, 0.2) is 9.84 Å². The first-order valence-corrected chi connectivity index (χ1v) is 9.86. The first-order valence-electron chi connectivity index (χ1n) is 8.04. The molecule has 6 nitrogen and oxygen atoms in total. The van der Waals surface area contributed by atoms with Crippen molar-refractivity contribution in [2.45, 2.75) is 5.92 Å². The Morgan fingerprint density at radius 2 is 1.52 bits per heavy atom. The van der Waals surface area contributed by atoms with Crippen LogP contribution in [0.25, 0.3) is 0 Å². The Balaban J connectivity index is 1.83. The van der Waals surface area contributed by atoms with Crippen LogP contribution in [0.1, 0.15) is 17.0 Å². The molecule has 0 saturated carbocycles. The summed E-state index contributed by atoms with van der Waals surface area (Å²) >= 11 is 0. The molecule has 0 spiro atoms. The van der Waals surface area contributed by atoms with Crippen LogP contribution >= 0.6 is 0 Å². The van der Waals surface area contributed by atoms with Crippen LogP contribution in [0.4, 0.5) is 5.69 Å². The zero-order valence-corrected chi connectivity index (χ0v) is 14.4. The van der Waals surface area contributed by atoms with Crippen LogP contribution < -0.4 is 10.4 Å². The van der Waals surface area contributed by atoms with Crippen molar-refractivity contribution in [3.05, 3.63) is 65.7 Å². The summed E-state index contributed by atoms with van der Waals surface area (Å²) in [6.45, 7) is 0.946. The molecule has 1 heterocycles. The molecule has 132 valence electrons. The van der Waals surface area contributed by atoms with Crippen molar-refractivity contribution in [1.82, 2.24) is 5.48 Å². The van der Waals surface area contributed by atoms with Gasteiger partial charge in [-0.05, 0) is 23.3 Å². The van der Waals surface area contributed by atoms with Gasteiger partial charge < -0.3 is 4.90 Å². The number of benzene rings is 2. The molecule has 1 atom stereocenters. The van der Waals surface area contributed by atoms with E-state index in [1.54, 1.807) is 5.48 Å². The Kier molecular flexibility index (Phi) is 5.06. The lowest BCUT2D eigenvalue weighted by Crippen LogP contribution is -2.40. The van der Waals surface area contributed by atoms with Crippen molar-refractivity contribution in [1.29, 1.82) is 0 Å². The molecule has 7 heteroatoms. The average Bonchev–Trinajstić information content (AvgIpc) is 2.63. The topological polar surface area (TPSA) is 86.7 Å². The fourth-order valence-electron chi connectivity index (χ4n) is 3.05. The van der Waals surface area contributed by atoms with Crippen molar-refractivity contribution in [3.8, 4) is 0 Å². The SMILES string of the molecule is O=C(NO)C(c1ccccc1)c1ccc(N2CCS(=O)(=O)CC2)cc1. The van der Waals surface area contributed by atoms with Crippen molar-refractivity contribution in [2.24, 2.45) is 0 Å². The van der Waals surface area contributed by atoms with E-state index < -0.39 is 21.7 Å². The maximum Gasteiger partial charge on any atom is 0.255 e. The number of hydrogen-bond acceptors (Lipinski definition) is 5. The van der Waals surface area contributed by atoms with Crippen molar-refractivity contribution < 1.29 is 18.4 Å². The first-order chi connectivity index (χ1) is 12.0. The number of sulfone groups is 1. The Labute approximate surface area is 147 Å². The second kappa shape index (κ2) is 7.25. The maximum absolute atomic E-state index is 12.1. The fourth-order valence-corrected chi connectivity index (χ4v) is 4.25. The number of anilines is 1. The van der Waals surface area contributed by atoms with Gasteiger partial charge in [-0.3, -0.25) is 10.0 Å². The fraction of sp³-hybridized carbons (Fsp3) is 0.278. The summed E-state index contributed by atoms with van der Waals surface area (Å²) in [5.41, 5.74) is 4.20. The van der Waals surface area contributed by atoms with Crippen LogP contribution in [0.5, 0.6) is 0 Å². The summed E-state index contributed by atoms with van der Waals surface area (Å²) in [5.74, 6) is -0.784. The summed E-state index contributed by atoms with van der Waals surface area (Å²) in [6.07, 6.45) is 0. The molecule has 2 aromatic rings. The largest absolute Gasteiger partial charge is 0.369 e. The molecule has 1 unspecified atom stereocenters. The van der Waals surface area contributed by atoms with E-state index in [-0.39, 0.29) is 11.5 Å². The number of nitrogens with one attached hydrogen (secondary N) is 1. The third-order valence-corrected chi connectivity index (χ3v) is 6.05. The molecular formula is C18H20N2O4S. The number of amides is 1. The minimum atomic E-state index is -2.92. The van der Waals surface area contributed by atoms with Gasteiger partial charge >= 0.3 is 0 Å². The second-order valence-corrected chi connectivity index (χ2v) is 8.35. The number of rotatable bonds is 4. The van der Waals surface area contributed by atoms with E-state index in [1.807, 2.05) is 59.5 Å². The predicted octanol–water partition coefficient (Wildman–Crippen LogP) is 1.56.